The van der Waals surface area contributed by atoms with Crippen LogP contribution >= 0.6 is 22.6 Å². The minimum atomic E-state index is -0.217. The molecule has 1 aromatic carbocycles. The second kappa shape index (κ2) is 7.41. The third-order valence-electron chi connectivity index (χ3n) is 3.71. The first kappa shape index (κ1) is 15.8. The Kier molecular flexibility index (Phi) is 5.84. The van der Waals surface area contributed by atoms with Crippen molar-refractivity contribution in [1.29, 1.82) is 0 Å². The Morgan fingerprint density at radius 2 is 2.30 bits per heavy atom. The molecule has 1 saturated heterocycles. The zero-order valence-corrected chi connectivity index (χ0v) is 14.4. The number of halogens is 1. The van der Waals surface area contributed by atoms with Gasteiger partial charge in [-0.05, 0) is 66.4 Å². The highest BCUT2D eigenvalue weighted by Crippen LogP contribution is 2.23. The van der Waals surface area contributed by atoms with Crippen LogP contribution in [0.15, 0.2) is 18.2 Å². The molecule has 20 heavy (non-hydrogen) atoms. The average molecular weight is 387 g/mol. The van der Waals surface area contributed by atoms with E-state index in [1.54, 1.807) is 0 Å². The topological polar surface area (TPSA) is 29.5 Å². The van der Waals surface area contributed by atoms with Gasteiger partial charge in [0.1, 0.15) is 0 Å². The fourth-order valence-corrected chi connectivity index (χ4v) is 3.49. The second-order valence-electron chi connectivity index (χ2n) is 5.48. The molecule has 0 aliphatic carbocycles. The molecule has 1 unspecified atom stereocenters. The van der Waals surface area contributed by atoms with Crippen molar-refractivity contribution in [2.24, 2.45) is 5.92 Å². The molecule has 0 radical (unpaired) electrons. The molecule has 0 amide bonds. The lowest BCUT2D eigenvalue weighted by Gasteiger charge is -2.31. The Bertz CT molecular complexity index is 476. The summed E-state index contributed by atoms with van der Waals surface area (Å²) in [7, 11) is 0. The van der Waals surface area contributed by atoms with Gasteiger partial charge in [-0.3, -0.25) is 4.90 Å². The minimum Gasteiger partial charge on any atom is -0.462 e. The van der Waals surface area contributed by atoms with E-state index in [9.17, 15) is 4.79 Å². The summed E-state index contributed by atoms with van der Waals surface area (Å²) >= 11 is 2.27. The maximum atomic E-state index is 11.9. The average Bonchev–Trinajstić information content (AvgIpc) is 2.41. The zero-order valence-electron chi connectivity index (χ0n) is 12.2. The highest BCUT2D eigenvalue weighted by Gasteiger charge is 2.19. The highest BCUT2D eigenvalue weighted by molar-refractivity contribution is 14.1. The van der Waals surface area contributed by atoms with Crippen LogP contribution in [0.25, 0.3) is 0 Å². The first-order chi connectivity index (χ1) is 9.61. The lowest BCUT2D eigenvalue weighted by Crippen LogP contribution is -2.34. The fourth-order valence-electron chi connectivity index (χ4n) is 2.74. The number of hydrogen-bond donors (Lipinski definition) is 0. The Balaban J connectivity index is 2.12. The van der Waals surface area contributed by atoms with E-state index in [1.165, 1.54) is 18.4 Å². The molecular formula is C16H22INO2. The molecule has 1 aromatic rings. The molecule has 1 heterocycles. The van der Waals surface area contributed by atoms with E-state index in [4.69, 9.17) is 4.74 Å². The number of hydrogen-bond acceptors (Lipinski definition) is 3. The van der Waals surface area contributed by atoms with Crippen LogP contribution < -0.4 is 0 Å². The summed E-state index contributed by atoms with van der Waals surface area (Å²) < 4.78 is 6.14. The Morgan fingerprint density at radius 3 is 3.00 bits per heavy atom. The van der Waals surface area contributed by atoms with Gasteiger partial charge in [0.05, 0.1) is 12.2 Å². The lowest BCUT2D eigenvalue weighted by atomic mass is 9.99. The molecule has 1 aliphatic heterocycles. The van der Waals surface area contributed by atoms with Gasteiger partial charge in [0, 0.05) is 16.7 Å². The summed E-state index contributed by atoms with van der Waals surface area (Å²) in [6.45, 7) is 7.80. The summed E-state index contributed by atoms with van der Waals surface area (Å²) in [5.41, 5.74) is 1.92. The van der Waals surface area contributed by atoms with E-state index in [2.05, 4.69) is 40.5 Å². The van der Waals surface area contributed by atoms with Gasteiger partial charge in [-0.25, -0.2) is 4.79 Å². The molecule has 1 fully saturated rings. The zero-order chi connectivity index (χ0) is 14.5. The standard InChI is InChI=1S/C16H22INO2/c1-3-20-16(19)14-8-4-7-13(15(14)17)11-18-9-5-6-12(2)10-18/h4,7-8,12H,3,5-6,9-11H2,1-2H3. The van der Waals surface area contributed by atoms with Crippen LogP contribution in [0.1, 0.15) is 42.6 Å². The third kappa shape index (κ3) is 3.95. The summed E-state index contributed by atoms with van der Waals surface area (Å²) in [5, 5.41) is 0. The van der Waals surface area contributed by atoms with E-state index in [0.29, 0.717) is 12.2 Å². The first-order valence-corrected chi connectivity index (χ1v) is 8.36. The molecule has 0 spiro atoms. The fraction of sp³-hybridized carbons (Fsp3) is 0.562. The van der Waals surface area contributed by atoms with Crippen molar-refractivity contribution in [3.05, 3.63) is 32.9 Å². The van der Waals surface area contributed by atoms with Gasteiger partial charge in [-0.2, -0.15) is 0 Å². The van der Waals surface area contributed by atoms with Crippen LogP contribution in [0.4, 0.5) is 0 Å². The van der Waals surface area contributed by atoms with Crippen molar-refractivity contribution in [3.63, 3.8) is 0 Å². The number of esters is 1. The van der Waals surface area contributed by atoms with Crippen molar-refractivity contribution in [1.82, 2.24) is 4.90 Å². The predicted octanol–water partition coefficient (Wildman–Crippen LogP) is 3.70. The molecule has 0 saturated carbocycles. The van der Waals surface area contributed by atoms with Gasteiger partial charge < -0.3 is 4.74 Å². The monoisotopic (exact) mass is 387 g/mol. The third-order valence-corrected chi connectivity index (χ3v) is 4.98. The maximum Gasteiger partial charge on any atom is 0.339 e. The SMILES string of the molecule is CCOC(=O)c1cccc(CN2CCCC(C)C2)c1I. The lowest BCUT2D eigenvalue weighted by molar-refractivity contribution is 0.0524. The molecule has 0 aromatic heterocycles. The highest BCUT2D eigenvalue weighted by atomic mass is 127. The molecule has 4 heteroatoms. The van der Waals surface area contributed by atoms with Crippen LogP contribution in [0.5, 0.6) is 0 Å². The molecule has 0 bridgehead atoms. The molecular weight excluding hydrogens is 365 g/mol. The number of benzene rings is 1. The van der Waals surface area contributed by atoms with Crippen LogP contribution in [0.3, 0.4) is 0 Å². The number of ether oxygens (including phenoxy) is 1. The van der Waals surface area contributed by atoms with Gasteiger partial charge in [0.15, 0.2) is 0 Å². The molecule has 1 atom stereocenters. The summed E-state index contributed by atoms with van der Waals surface area (Å²) in [5.74, 6) is 0.556. The van der Waals surface area contributed by atoms with E-state index in [1.807, 2.05) is 19.1 Å². The largest absolute Gasteiger partial charge is 0.462 e. The van der Waals surface area contributed by atoms with E-state index in [-0.39, 0.29) is 5.97 Å². The summed E-state index contributed by atoms with van der Waals surface area (Å²) in [4.78, 5) is 14.4. The quantitative estimate of drug-likeness (QED) is 0.583. The van der Waals surface area contributed by atoms with Gasteiger partial charge in [0.2, 0.25) is 0 Å². The van der Waals surface area contributed by atoms with E-state index in [0.717, 1.165) is 29.1 Å². The normalized spacial score (nSPS) is 19.9. The number of carbonyl (C=O) groups excluding carboxylic acids is 1. The van der Waals surface area contributed by atoms with Crippen LogP contribution in [0.2, 0.25) is 0 Å². The maximum absolute atomic E-state index is 11.9. The Hall–Kier alpha value is -0.620. The van der Waals surface area contributed by atoms with Gasteiger partial charge >= 0.3 is 5.97 Å². The predicted molar refractivity (Wildman–Crippen MR) is 88.8 cm³/mol. The molecule has 110 valence electrons. The van der Waals surface area contributed by atoms with Crippen molar-refractivity contribution in [2.45, 2.75) is 33.2 Å². The molecule has 0 N–H and O–H groups in total. The smallest absolute Gasteiger partial charge is 0.339 e. The van der Waals surface area contributed by atoms with E-state index < -0.39 is 0 Å². The molecule has 3 nitrogen and oxygen atoms in total. The number of rotatable bonds is 4. The second-order valence-corrected chi connectivity index (χ2v) is 6.56. The van der Waals surface area contributed by atoms with Gasteiger partial charge in [-0.1, -0.05) is 19.1 Å². The first-order valence-electron chi connectivity index (χ1n) is 7.28. The molecule has 2 rings (SSSR count). The van der Waals surface area contributed by atoms with E-state index >= 15 is 0 Å². The van der Waals surface area contributed by atoms with Crippen LogP contribution in [0, 0.1) is 9.49 Å². The number of nitrogens with zero attached hydrogens (tertiary/aromatic N) is 1. The Morgan fingerprint density at radius 1 is 1.50 bits per heavy atom. The van der Waals surface area contributed by atoms with Gasteiger partial charge in [-0.15, -0.1) is 0 Å². The van der Waals surface area contributed by atoms with Crippen molar-refractivity contribution >= 4 is 28.6 Å². The van der Waals surface area contributed by atoms with Crippen molar-refractivity contribution in [3.8, 4) is 0 Å². The Labute approximate surface area is 134 Å². The summed E-state index contributed by atoms with van der Waals surface area (Å²) in [6.07, 6.45) is 2.60. The van der Waals surface area contributed by atoms with Crippen molar-refractivity contribution < 1.29 is 9.53 Å². The van der Waals surface area contributed by atoms with Gasteiger partial charge in [0.25, 0.3) is 0 Å². The van der Waals surface area contributed by atoms with Crippen LogP contribution in [-0.4, -0.2) is 30.6 Å². The number of carbonyl (C=O) groups is 1. The van der Waals surface area contributed by atoms with Crippen molar-refractivity contribution in [2.75, 3.05) is 19.7 Å². The molecule has 1 aliphatic rings. The number of piperidine rings is 1. The minimum absolute atomic E-state index is 0.217. The van der Waals surface area contributed by atoms with Crippen LogP contribution in [-0.2, 0) is 11.3 Å². The number of likely N-dealkylation sites (tertiary alicyclic amines) is 1. The summed E-state index contributed by atoms with van der Waals surface area (Å²) in [6, 6.07) is 5.92.